The fourth-order valence-corrected chi connectivity index (χ4v) is 3.71. The molecule has 0 aromatic heterocycles. The first-order chi connectivity index (χ1) is 15.5. The molecule has 3 aromatic rings. The molecule has 0 saturated carbocycles. The Labute approximate surface area is 192 Å². The minimum absolute atomic E-state index is 0.173. The van der Waals surface area contributed by atoms with Gasteiger partial charge < -0.3 is 5.11 Å². The minimum atomic E-state index is -4.41. The average molecular weight is 453 g/mol. The van der Waals surface area contributed by atoms with Crippen LogP contribution >= 0.6 is 0 Å². The molecule has 1 N–H and O–H groups in total. The molecule has 0 aliphatic carbocycles. The van der Waals surface area contributed by atoms with Gasteiger partial charge in [0.1, 0.15) is 0 Å². The van der Waals surface area contributed by atoms with Gasteiger partial charge >= 0.3 is 12.1 Å². The maximum absolute atomic E-state index is 13.0. The summed E-state index contributed by atoms with van der Waals surface area (Å²) in [5, 5.41) is 9.84. The number of halogens is 3. The number of alkyl halides is 3. The summed E-state index contributed by atoms with van der Waals surface area (Å²) in [5.41, 5.74) is 4.14. The van der Waals surface area contributed by atoms with E-state index in [1.54, 1.807) is 6.07 Å². The molecule has 3 rings (SSSR count). The molecule has 0 aliphatic rings. The van der Waals surface area contributed by atoms with E-state index in [-0.39, 0.29) is 5.92 Å². The van der Waals surface area contributed by atoms with Crippen molar-refractivity contribution >= 4 is 18.1 Å². The van der Waals surface area contributed by atoms with Gasteiger partial charge in [-0.05, 0) is 65.3 Å². The van der Waals surface area contributed by atoms with Crippen LogP contribution in [0.5, 0.6) is 0 Å². The van der Waals surface area contributed by atoms with Gasteiger partial charge in [0.15, 0.2) is 0 Å². The zero-order valence-electron chi connectivity index (χ0n) is 18.9. The van der Waals surface area contributed by atoms with Crippen molar-refractivity contribution in [3.05, 3.63) is 94.5 Å². The Morgan fingerprint density at radius 3 is 2.03 bits per heavy atom. The fourth-order valence-electron chi connectivity index (χ4n) is 3.71. The first kappa shape index (κ1) is 24.3. The molecule has 33 heavy (non-hydrogen) atoms. The van der Waals surface area contributed by atoms with E-state index in [4.69, 9.17) is 0 Å². The van der Waals surface area contributed by atoms with Crippen molar-refractivity contribution in [3.8, 4) is 11.1 Å². The lowest BCUT2D eigenvalue weighted by Crippen LogP contribution is -2.14. The first-order valence-electron chi connectivity index (χ1n) is 10.8. The quantitative estimate of drug-likeness (QED) is 0.368. The highest BCUT2D eigenvalue weighted by Crippen LogP contribution is 2.33. The number of benzene rings is 3. The molecule has 3 aromatic carbocycles. The highest BCUT2D eigenvalue weighted by molar-refractivity contribution is 5.80. The maximum atomic E-state index is 13.0. The van der Waals surface area contributed by atoms with Crippen LogP contribution in [0, 0.1) is 12.8 Å². The van der Waals surface area contributed by atoms with Crippen molar-refractivity contribution in [2.45, 2.75) is 39.3 Å². The van der Waals surface area contributed by atoms with Crippen LogP contribution in [0.2, 0.25) is 0 Å². The van der Waals surface area contributed by atoms with Gasteiger partial charge in [-0.2, -0.15) is 13.2 Å². The Morgan fingerprint density at radius 1 is 0.879 bits per heavy atom. The molecule has 1 unspecified atom stereocenters. The number of rotatable bonds is 7. The Hall–Kier alpha value is -3.34. The zero-order valence-corrected chi connectivity index (χ0v) is 18.9. The highest BCUT2D eigenvalue weighted by atomic mass is 19.4. The van der Waals surface area contributed by atoms with E-state index in [0.29, 0.717) is 23.1 Å². The summed E-state index contributed by atoms with van der Waals surface area (Å²) in [6.07, 6.45) is -0.107. The molecule has 0 radical (unpaired) electrons. The molecule has 5 heteroatoms. The largest absolute Gasteiger partial charge is 0.481 e. The van der Waals surface area contributed by atoms with Crippen LogP contribution in [0.1, 0.15) is 54.0 Å². The van der Waals surface area contributed by atoms with E-state index in [1.165, 1.54) is 12.1 Å². The van der Waals surface area contributed by atoms with Crippen LogP contribution in [0.3, 0.4) is 0 Å². The van der Waals surface area contributed by atoms with Crippen molar-refractivity contribution in [2.24, 2.45) is 5.92 Å². The van der Waals surface area contributed by atoms with Crippen LogP contribution < -0.4 is 0 Å². The van der Waals surface area contributed by atoms with Gasteiger partial charge in [-0.3, -0.25) is 4.79 Å². The van der Waals surface area contributed by atoms with Gasteiger partial charge in [0.2, 0.25) is 0 Å². The number of carboxylic acids is 1. The van der Waals surface area contributed by atoms with E-state index in [1.807, 2.05) is 69.3 Å². The molecule has 2 nitrogen and oxygen atoms in total. The standard InChI is InChI=1S/C28H27F3O2/c1-18(2)14-26(27(32)33)24-16-21(9-8-20-6-4-19(3)5-7-20)15-23(17-24)22-10-12-25(13-11-22)28(29,30)31/h4-13,15-18,26H,14H2,1-3H3,(H,32,33). The highest BCUT2D eigenvalue weighted by Gasteiger charge is 2.30. The smallest absolute Gasteiger partial charge is 0.416 e. The minimum Gasteiger partial charge on any atom is -0.481 e. The summed E-state index contributed by atoms with van der Waals surface area (Å²) >= 11 is 0. The lowest BCUT2D eigenvalue weighted by atomic mass is 9.87. The summed E-state index contributed by atoms with van der Waals surface area (Å²) in [6, 6.07) is 18.4. The van der Waals surface area contributed by atoms with Gasteiger partial charge in [0.05, 0.1) is 11.5 Å². The first-order valence-corrected chi connectivity index (χ1v) is 10.8. The predicted octanol–water partition coefficient (Wildman–Crippen LogP) is 8.07. The maximum Gasteiger partial charge on any atom is 0.416 e. The van der Waals surface area contributed by atoms with E-state index in [2.05, 4.69) is 0 Å². The number of aliphatic carboxylic acids is 1. The third kappa shape index (κ3) is 6.58. The van der Waals surface area contributed by atoms with Gasteiger partial charge in [0.25, 0.3) is 0 Å². The molecule has 0 saturated heterocycles. The van der Waals surface area contributed by atoms with Crippen LogP contribution in [0.15, 0.2) is 66.7 Å². The van der Waals surface area contributed by atoms with Crippen LogP contribution in [-0.4, -0.2) is 11.1 Å². The molecule has 0 aliphatic heterocycles. The Balaban J connectivity index is 2.06. The lowest BCUT2D eigenvalue weighted by molar-refractivity contribution is -0.139. The molecule has 0 amide bonds. The number of hydrogen-bond acceptors (Lipinski definition) is 1. The normalized spacial score (nSPS) is 12.9. The summed E-state index contributed by atoms with van der Waals surface area (Å²) in [4.78, 5) is 12.0. The van der Waals surface area contributed by atoms with Gasteiger partial charge in [0, 0.05) is 0 Å². The molecule has 0 fully saturated rings. The predicted molar refractivity (Wildman–Crippen MR) is 127 cm³/mol. The Bertz CT molecular complexity index is 1130. The SMILES string of the molecule is Cc1ccc(C=Cc2cc(-c3ccc(C(F)(F)F)cc3)cc(C(CC(C)C)C(=O)O)c2)cc1. The molecule has 0 bridgehead atoms. The van der Waals surface area contributed by atoms with Crippen LogP contribution in [0.4, 0.5) is 13.2 Å². The summed E-state index contributed by atoms with van der Waals surface area (Å²) < 4.78 is 38.9. The Kier molecular flexibility index (Phi) is 7.42. The summed E-state index contributed by atoms with van der Waals surface area (Å²) in [7, 11) is 0. The van der Waals surface area contributed by atoms with Crippen molar-refractivity contribution < 1.29 is 23.1 Å². The number of hydrogen-bond donors (Lipinski definition) is 1. The van der Waals surface area contributed by atoms with Crippen LogP contribution in [0.25, 0.3) is 23.3 Å². The Morgan fingerprint density at radius 2 is 1.48 bits per heavy atom. The number of aryl methyl sites for hydroxylation is 1. The van der Waals surface area contributed by atoms with Crippen molar-refractivity contribution in [1.29, 1.82) is 0 Å². The number of carboxylic acid groups (broad SMARTS) is 1. The summed E-state index contributed by atoms with van der Waals surface area (Å²) in [6.45, 7) is 5.94. The second kappa shape index (κ2) is 10.1. The van der Waals surface area contributed by atoms with Gasteiger partial charge in [-0.25, -0.2) is 0 Å². The van der Waals surface area contributed by atoms with E-state index in [9.17, 15) is 23.1 Å². The lowest BCUT2D eigenvalue weighted by Gasteiger charge is -2.17. The number of carbonyl (C=O) groups is 1. The van der Waals surface area contributed by atoms with E-state index < -0.39 is 23.6 Å². The average Bonchev–Trinajstić information content (AvgIpc) is 2.76. The summed E-state index contributed by atoms with van der Waals surface area (Å²) in [5.74, 6) is -1.44. The fraction of sp³-hybridized carbons (Fsp3) is 0.250. The van der Waals surface area contributed by atoms with Crippen molar-refractivity contribution in [2.75, 3.05) is 0 Å². The van der Waals surface area contributed by atoms with Crippen molar-refractivity contribution in [1.82, 2.24) is 0 Å². The third-order valence-corrected chi connectivity index (χ3v) is 5.48. The van der Waals surface area contributed by atoms with Crippen molar-refractivity contribution in [3.63, 3.8) is 0 Å². The molecule has 0 spiro atoms. The van der Waals surface area contributed by atoms with Gasteiger partial charge in [-0.1, -0.05) is 80.1 Å². The second-order valence-corrected chi connectivity index (χ2v) is 8.73. The second-order valence-electron chi connectivity index (χ2n) is 8.73. The molecular formula is C28H27F3O2. The van der Waals surface area contributed by atoms with E-state index >= 15 is 0 Å². The molecule has 172 valence electrons. The molecule has 1 atom stereocenters. The third-order valence-electron chi connectivity index (χ3n) is 5.48. The van der Waals surface area contributed by atoms with E-state index in [0.717, 1.165) is 28.8 Å². The topological polar surface area (TPSA) is 37.3 Å². The molecule has 0 heterocycles. The molecular weight excluding hydrogens is 425 g/mol. The monoisotopic (exact) mass is 452 g/mol. The zero-order chi connectivity index (χ0) is 24.2. The van der Waals surface area contributed by atoms with Gasteiger partial charge in [-0.15, -0.1) is 0 Å². The van der Waals surface area contributed by atoms with Crippen LogP contribution in [-0.2, 0) is 11.0 Å².